The van der Waals surface area contributed by atoms with Crippen molar-refractivity contribution in [3.05, 3.63) is 35.9 Å². The second-order valence-electron chi connectivity index (χ2n) is 6.05. The van der Waals surface area contributed by atoms with Crippen molar-refractivity contribution in [1.29, 1.82) is 0 Å². The van der Waals surface area contributed by atoms with Crippen LogP contribution in [0.25, 0.3) is 0 Å². The quantitative estimate of drug-likeness (QED) is 0.600. The van der Waals surface area contributed by atoms with Gasteiger partial charge in [0.15, 0.2) is 0 Å². The first-order valence-electron chi connectivity index (χ1n) is 7.92. The van der Waals surface area contributed by atoms with Crippen LogP contribution < -0.4 is 10.6 Å². The number of rotatable bonds is 7. The molecule has 1 saturated heterocycles. The summed E-state index contributed by atoms with van der Waals surface area (Å²) in [5.74, 6) is -0.187. The van der Waals surface area contributed by atoms with Crippen LogP contribution in [0.3, 0.4) is 0 Å². The fourth-order valence-corrected chi connectivity index (χ4v) is 2.69. The lowest BCUT2D eigenvalue weighted by atomic mass is 9.92. The number of urea groups is 1. The van der Waals surface area contributed by atoms with Crippen molar-refractivity contribution in [2.45, 2.75) is 45.2 Å². The Morgan fingerprint density at radius 2 is 1.95 bits per heavy atom. The standard InChI is InChI=1S/C17H25N3O2/c1-4-5-11-18-13(2)12-20-15(21)17(3,19-16(20)22)14-9-7-6-8-10-14/h6-10,13,18H,4-5,11-12H2,1-3H3,(H,19,22). The average Bonchev–Trinajstić information content (AvgIpc) is 2.73. The minimum absolute atomic E-state index is 0.0828. The molecule has 120 valence electrons. The van der Waals surface area contributed by atoms with Crippen molar-refractivity contribution >= 4 is 11.9 Å². The van der Waals surface area contributed by atoms with Crippen LogP contribution in [-0.2, 0) is 10.3 Å². The molecule has 2 unspecified atom stereocenters. The lowest BCUT2D eigenvalue weighted by Gasteiger charge is -2.23. The van der Waals surface area contributed by atoms with E-state index < -0.39 is 5.54 Å². The summed E-state index contributed by atoms with van der Waals surface area (Å²) in [6, 6.07) is 9.13. The molecule has 1 aromatic carbocycles. The molecule has 0 bridgehead atoms. The summed E-state index contributed by atoms with van der Waals surface area (Å²) in [7, 11) is 0. The zero-order valence-corrected chi connectivity index (χ0v) is 13.6. The van der Waals surface area contributed by atoms with Gasteiger partial charge in [0.25, 0.3) is 5.91 Å². The van der Waals surface area contributed by atoms with E-state index in [4.69, 9.17) is 0 Å². The molecule has 1 aliphatic heterocycles. The monoisotopic (exact) mass is 303 g/mol. The fraction of sp³-hybridized carbons (Fsp3) is 0.529. The summed E-state index contributed by atoms with van der Waals surface area (Å²) < 4.78 is 0. The van der Waals surface area contributed by atoms with Crippen LogP contribution in [0.4, 0.5) is 4.79 Å². The molecule has 5 heteroatoms. The third-order valence-corrected chi connectivity index (χ3v) is 4.11. The minimum atomic E-state index is -0.971. The van der Waals surface area contributed by atoms with Crippen molar-refractivity contribution in [1.82, 2.24) is 15.5 Å². The highest BCUT2D eigenvalue weighted by Crippen LogP contribution is 2.28. The number of nitrogens with one attached hydrogen (secondary N) is 2. The Morgan fingerprint density at radius 3 is 2.59 bits per heavy atom. The fourth-order valence-electron chi connectivity index (χ4n) is 2.69. The molecule has 0 saturated carbocycles. The topological polar surface area (TPSA) is 61.4 Å². The van der Waals surface area contributed by atoms with Crippen LogP contribution in [0, 0.1) is 0 Å². The van der Waals surface area contributed by atoms with Crippen molar-refractivity contribution in [2.75, 3.05) is 13.1 Å². The highest BCUT2D eigenvalue weighted by molar-refractivity contribution is 6.07. The molecule has 0 radical (unpaired) electrons. The maximum atomic E-state index is 12.7. The number of nitrogens with zero attached hydrogens (tertiary/aromatic N) is 1. The Hall–Kier alpha value is -1.88. The zero-order chi connectivity index (χ0) is 16.2. The Morgan fingerprint density at radius 1 is 1.27 bits per heavy atom. The van der Waals surface area contributed by atoms with Crippen LogP contribution in [0.2, 0.25) is 0 Å². The number of benzene rings is 1. The van der Waals surface area contributed by atoms with Gasteiger partial charge >= 0.3 is 6.03 Å². The number of hydrogen-bond donors (Lipinski definition) is 2. The summed E-state index contributed by atoms with van der Waals surface area (Å²) in [5, 5.41) is 6.17. The SMILES string of the molecule is CCCCNC(C)CN1C(=O)NC(C)(c2ccccc2)C1=O. The molecule has 1 fully saturated rings. The van der Waals surface area contributed by atoms with Gasteiger partial charge < -0.3 is 10.6 Å². The molecule has 0 aromatic heterocycles. The van der Waals surface area contributed by atoms with Gasteiger partial charge in [0.05, 0.1) is 0 Å². The Balaban J connectivity index is 2.06. The molecule has 1 heterocycles. The largest absolute Gasteiger partial charge is 0.325 e. The van der Waals surface area contributed by atoms with Gasteiger partial charge in [-0.1, -0.05) is 43.7 Å². The van der Waals surface area contributed by atoms with Gasteiger partial charge in [-0.05, 0) is 32.4 Å². The lowest BCUT2D eigenvalue weighted by Crippen LogP contribution is -2.44. The number of hydrogen-bond acceptors (Lipinski definition) is 3. The first-order chi connectivity index (χ1) is 10.5. The van der Waals surface area contributed by atoms with Crippen molar-refractivity contribution in [3.63, 3.8) is 0 Å². The van der Waals surface area contributed by atoms with E-state index in [1.807, 2.05) is 37.3 Å². The number of carbonyl (C=O) groups excluding carboxylic acids is 2. The van der Waals surface area contributed by atoms with E-state index in [2.05, 4.69) is 17.6 Å². The van der Waals surface area contributed by atoms with Gasteiger partial charge in [0.1, 0.15) is 5.54 Å². The predicted molar refractivity (Wildman–Crippen MR) is 86.4 cm³/mol. The molecule has 22 heavy (non-hydrogen) atoms. The van der Waals surface area contributed by atoms with Crippen LogP contribution in [0.5, 0.6) is 0 Å². The number of imide groups is 1. The second kappa shape index (κ2) is 6.92. The van der Waals surface area contributed by atoms with Crippen molar-refractivity contribution < 1.29 is 9.59 Å². The van der Waals surface area contributed by atoms with Crippen molar-refractivity contribution in [2.24, 2.45) is 0 Å². The van der Waals surface area contributed by atoms with E-state index in [-0.39, 0.29) is 18.0 Å². The molecule has 0 aliphatic carbocycles. The van der Waals surface area contributed by atoms with Crippen LogP contribution in [-0.4, -0.2) is 36.0 Å². The van der Waals surface area contributed by atoms with E-state index in [1.54, 1.807) is 6.92 Å². The van der Waals surface area contributed by atoms with Gasteiger partial charge in [-0.25, -0.2) is 4.79 Å². The van der Waals surface area contributed by atoms with E-state index in [9.17, 15) is 9.59 Å². The van der Waals surface area contributed by atoms with Gasteiger partial charge in [-0.2, -0.15) is 0 Å². The highest BCUT2D eigenvalue weighted by Gasteiger charge is 2.48. The number of amides is 3. The summed E-state index contributed by atoms with van der Waals surface area (Å²) in [5.41, 5.74) is -0.163. The minimum Gasteiger partial charge on any atom is -0.319 e. The molecule has 1 aromatic rings. The van der Waals surface area contributed by atoms with E-state index in [0.29, 0.717) is 6.54 Å². The van der Waals surface area contributed by atoms with Crippen LogP contribution >= 0.6 is 0 Å². The van der Waals surface area contributed by atoms with E-state index >= 15 is 0 Å². The molecule has 3 amide bonds. The normalized spacial score (nSPS) is 22.8. The van der Waals surface area contributed by atoms with Crippen molar-refractivity contribution in [3.8, 4) is 0 Å². The first kappa shape index (κ1) is 16.5. The Labute approximate surface area is 132 Å². The second-order valence-corrected chi connectivity index (χ2v) is 6.05. The van der Waals surface area contributed by atoms with E-state index in [0.717, 1.165) is 24.9 Å². The summed E-state index contributed by atoms with van der Waals surface area (Å²) >= 11 is 0. The third kappa shape index (κ3) is 3.30. The van der Waals surface area contributed by atoms with Gasteiger partial charge in [-0.15, -0.1) is 0 Å². The molecule has 2 rings (SSSR count). The van der Waals surface area contributed by atoms with Crippen LogP contribution in [0.15, 0.2) is 30.3 Å². The zero-order valence-electron chi connectivity index (χ0n) is 13.6. The molecule has 2 N–H and O–H groups in total. The maximum Gasteiger partial charge on any atom is 0.325 e. The molecule has 1 aliphatic rings. The summed E-state index contributed by atoms with van der Waals surface area (Å²) in [6.45, 7) is 7.18. The predicted octanol–water partition coefficient (Wildman–Crippen LogP) is 2.23. The van der Waals surface area contributed by atoms with Gasteiger partial charge in [-0.3, -0.25) is 9.69 Å². The maximum absolute atomic E-state index is 12.7. The average molecular weight is 303 g/mol. The summed E-state index contributed by atoms with van der Waals surface area (Å²) in [4.78, 5) is 26.2. The number of unbranched alkanes of at least 4 members (excludes halogenated alkanes) is 1. The molecular formula is C17H25N3O2. The summed E-state index contributed by atoms with van der Waals surface area (Å²) in [6.07, 6.45) is 2.21. The Bertz CT molecular complexity index is 532. The molecular weight excluding hydrogens is 278 g/mol. The molecule has 2 atom stereocenters. The molecule has 5 nitrogen and oxygen atoms in total. The first-order valence-corrected chi connectivity index (χ1v) is 7.92. The number of carbonyl (C=O) groups is 2. The smallest absolute Gasteiger partial charge is 0.319 e. The van der Waals surface area contributed by atoms with Gasteiger partial charge in [0, 0.05) is 12.6 Å². The highest BCUT2D eigenvalue weighted by atomic mass is 16.2. The van der Waals surface area contributed by atoms with E-state index in [1.165, 1.54) is 4.90 Å². The molecule has 0 spiro atoms. The Kier molecular flexibility index (Phi) is 5.19. The third-order valence-electron chi connectivity index (χ3n) is 4.11. The lowest BCUT2D eigenvalue weighted by molar-refractivity contribution is -0.131. The van der Waals surface area contributed by atoms with Gasteiger partial charge in [0.2, 0.25) is 0 Å². The van der Waals surface area contributed by atoms with Crippen LogP contribution in [0.1, 0.15) is 39.2 Å².